The van der Waals surface area contributed by atoms with Crippen LogP contribution in [0.2, 0.25) is 0 Å². The number of rotatable bonds is 2. The zero-order valence-electron chi connectivity index (χ0n) is 10.7. The Morgan fingerprint density at radius 2 is 1.33 bits per heavy atom. The van der Waals surface area contributed by atoms with Gasteiger partial charge in [0.05, 0.1) is 10.2 Å². The number of halogens is 2. The van der Waals surface area contributed by atoms with Crippen LogP contribution in [0.15, 0.2) is 57.6 Å². The van der Waals surface area contributed by atoms with Crippen molar-refractivity contribution in [1.29, 1.82) is 0 Å². The Balaban J connectivity index is 2.11. The van der Waals surface area contributed by atoms with Gasteiger partial charge in [0, 0.05) is 5.56 Å². The van der Waals surface area contributed by atoms with Crippen LogP contribution >= 0.6 is 31.9 Å². The van der Waals surface area contributed by atoms with Gasteiger partial charge >= 0.3 is 0 Å². The molecule has 4 nitrogen and oxygen atoms in total. The Bertz CT molecular complexity index is 715. The summed E-state index contributed by atoms with van der Waals surface area (Å²) in [5, 5.41) is 23.3. The molecular weight excluding hydrogens is 400 g/mol. The van der Waals surface area contributed by atoms with Crippen LogP contribution in [0.4, 0.5) is 0 Å². The van der Waals surface area contributed by atoms with Crippen molar-refractivity contribution in [1.82, 2.24) is 9.78 Å². The number of phenols is 2. The maximum atomic E-state index is 9.37. The molecule has 0 unspecified atom stereocenters. The van der Waals surface area contributed by atoms with Crippen molar-refractivity contribution < 1.29 is 10.2 Å². The molecule has 106 valence electrons. The second-order valence-electron chi connectivity index (χ2n) is 4.43. The maximum absolute atomic E-state index is 9.37. The van der Waals surface area contributed by atoms with Crippen molar-refractivity contribution >= 4 is 31.9 Å². The third kappa shape index (κ3) is 2.69. The van der Waals surface area contributed by atoms with E-state index < -0.39 is 0 Å². The molecule has 2 N–H and O–H groups in total. The summed E-state index contributed by atoms with van der Waals surface area (Å²) in [6.45, 7) is 0. The highest BCUT2D eigenvalue weighted by atomic mass is 79.9. The lowest BCUT2D eigenvalue weighted by Crippen LogP contribution is -1.96. The van der Waals surface area contributed by atoms with E-state index in [0.717, 1.165) is 26.0 Å². The van der Waals surface area contributed by atoms with Crippen molar-refractivity contribution in [2.45, 2.75) is 0 Å². The van der Waals surface area contributed by atoms with Crippen LogP contribution in [-0.2, 0) is 0 Å². The van der Waals surface area contributed by atoms with Crippen molar-refractivity contribution in [3.8, 4) is 28.4 Å². The van der Waals surface area contributed by atoms with Gasteiger partial charge in [0.1, 0.15) is 21.8 Å². The fourth-order valence-electron chi connectivity index (χ4n) is 1.95. The van der Waals surface area contributed by atoms with Crippen LogP contribution in [0.3, 0.4) is 0 Å². The van der Waals surface area contributed by atoms with Gasteiger partial charge in [-0.3, -0.25) is 0 Å². The van der Waals surface area contributed by atoms with Crippen LogP contribution < -0.4 is 0 Å². The highest BCUT2D eigenvalue weighted by Crippen LogP contribution is 2.35. The van der Waals surface area contributed by atoms with E-state index in [0.29, 0.717) is 0 Å². The molecule has 0 saturated carbocycles. The highest BCUT2D eigenvalue weighted by Gasteiger charge is 2.16. The number of aromatic nitrogens is 2. The lowest BCUT2D eigenvalue weighted by Gasteiger charge is -2.03. The molecule has 0 spiro atoms. The average molecular weight is 410 g/mol. The van der Waals surface area contributed by atoms with Gasteiger partial charge in [0.2, 0.25) is 0 Å². The van der Waals surface area contributed by atoms with Crippen LogP contribution in [0.5, 0.6) is 11.5 Å². The quantitative estimate of drug-likeness (QED) is 0.656. The molecule has 3 rings (SSSR count). The molecule has 0 amide bonds. The van der Waals surface area contributed by atoms with E-state index in [1.165, 1.54) is 0 Å². The number of hydrogen-bond donors (Lipinski definition) is 2. The maximum Gasteiger partial charge on any atom is 0.124 e. The van der Waals surface area contributed by atoms with E-state index in [2.05, 4.69) is 37.0 Å². The molecule has 1 heterocycles. The van der Waals surface area contributed by atoms with E-state index in [1.54, 1.807) is 53.2 Å². The Morgan fingerprint density at radius 1 is 0.810 bits per heavy atom. The smallest absolute Gasteiger partial charge is 0.124 e. The second kappa shape index (κ2) is 5.54. The summed E-state index contributed by atoms with van der Waals surface area (Å²) in [7, 11) is 0. The molecule has 0 aliphatic carbocycles. The van der Waals surface area contributed by atoms with Crippen LogP contribution in [-0.4, -0.2) is 20.0 Å². The summed E-state index contributed by atoms with van der Waals surface area (Å²) in [6, 6.07) is 13.6. The molecule has 0 aliphatic heterocycles. The van der Waals surface area contributed by atoms with Gasteiger partial charge in [-0.2, -0.15) is 5.10 Å². The second-order valence-corrected chi connectivity index (χ2v) is 5.97. The number of hydrogen-bond acceptors (Lipinski definition) is 3. The van der Waals surface area contributed by atoms with Crippen molar-refractivity contribution in [3.05, 3.63) is 57.6 Å². The molecule has 0 saturated heterocycles. The summed E-state index contributed by atoms with van der Waals surface area (Å²) in [6.07, 6.45) is 0. The van der Waals surface area contributed by atoms with Crippen LogP contribution in [0.25, 0.3) is 16.9 Å². The molecule has 1 aromatic heterocycles. The van der Waals surface area contributed by atoms with Crippen LogP contribution in [0.1, 0.15) is 0 Å². The summed E-state index contributed by atoms with van der Waals surface area (Å²) in [5.74, 6) is 0.423. The minimum Gasteiger partial charge on any atom is -0.508 e. The minimum atomic E-state index is 0.208. The molecule has 6 heteroatoms. The van der Waals surface area contributed by atoms with Gasteiger partial charge < -0.3 is 10.2 Å². The van der Waals surface area contributed by atoms with Gasteiger partial charge in [-0.05, 0) is 80.4 Å². The average Bonchev–Trinajstić information content (AvgIpc) is 2.78. The van der Waals surface area contributed by atoms with Crippen molar-refractivity contribution in [2.24, 2.45) is 0 Å². The third-order valence-electron chi connectivity index (χ3n) is 3.01. The number of phenolic OH excluding ortho intramolecular Hbond substituents is 2. The van der Waals surface area contributed by atoms with Gasteiger partial charge in [0.15, 0.2) is 0 Å². The SMILES string of the molecule is Oc1ccc(-c2nn(-c3ccc(O)cc3)c(Br)c2Br)cc1. The largest absolute Gasteiger partial charge is 0.508 e. The predicted molar refractivity (Wildman–Crippen MR) is 87.7 cm³/mol. The molecule has 0 aliphatic rings. The van der Waals surface area contributed by atoms with E-state index >= 15 is 0 Å². The lowest BCUT2D eigenvalue weighted by atomic mass is 10.1. The minimum absolute atomic E-state index is 0.208. The Hall–Kier alpha value is -1.79. The molecular formula is C15H10Br2N2O2. The fourth-order valence-corrected chi connectivity index (χ4v) is 2.90. The monoisotopic (exact) mass is 408 g/mol. The molecule has 2 aromatic carbocycles. The Labute approximate surface area is 137 Å². The lowest BCUT2D eigenvalue weighted by molar-refractivity contribution is 0.474. The van der Waals surface area contributed by atoms with Crippen LogP contribution in [0, 0.1) is 0 Å². The van der Waals surface area contributed by atoms with Crippen molar-refractivity contribution in [2.75, 3.05) is 0 Å². The van der Waals surface area contributed by atoms with Crippen molar-refractivity contribution in [3.63, 3.8) is 0 Å². The number of nitrogens with zero attached hydrogens (tertiary/aromatic N) is 2. The summed E-state index contributed by atoms with van der Waals surface area (Å²) < 4.78 is 3.32. The first-order valence-electron chi connectivity index (χ1n) is 6.09. The van der Waals surface area contributed by atoms with Gasteiger partial charge in [-0.1, -0.05) is 0 Å². The van der Waals surface area contributed by atoms with E-state index in [-0.39, 0.29) is 11.5 Å². The molecule has 0 fully saturated rings. The standard InChI is InChI=1S/C15H10Br2N2O2/c16-13-14(9-1-5-11(20)6-2-9)18-19(15(13)17)10-3-7-12(21)8-4-10/h1-8,20-21H. The van der Waals surface area contributed by atoms with Gasteiger partial charge in [-0.15, -0.1) is 0 Å². The molecule has 0 atom stereocenters. The third-order valence-corrected chi connectivity index (χ3v) is 5.03. The van der Waals surface area contributed by atoms with Gasteiger partial charge in [-0.25, -0.2) is 4.68 Å². The zero-order chi connectivity index (χ0) is 15.0. The number of benzene rings is 2. The molecule has 0 bridgehead atoms. The first kappa shape index (κ1) is 14.2. The van der Waals surface area contributed by atoms with E-state index in [4.69, 9.17) is 0 Å². The molecule has 3 aromatic rings. The first-order valence-corrected chi connectivity index (χ1v) is 7.67. The van der Waals surface area contributed by atoms with E-state index in [9.17, 15) is 10.2 Å². The number of aromatic hydroxyl groups is 2. The summed E-state index contributed by atoms with van der Waals surface area (Å²) in [4.78, 5) is 0. The molecule has 21 heavy (non-hydrogen) atoms. The topological polar surface area (TPSA) is 58.3 Å². The summed E-state index contributed by atoms with van der Waals surface area (Å²) >= 11 is 7.04. The van der Waals surface area contributed by atoms with E-state index in [1.807, 2.05) is 0 Å². The Kier molecular flexibility index (Phi) is 3.73. The summed E-state index contributed by atoms with van der Waals surface area (Å²) in [5.41, 5.74) is 2.47. The first-order chi connectivity index (χ1) is 10.1. The Morgan fingerprint density at radius 3 is 1.90 bits per heavy atom. The molecule has 0 radical (unpaired) electrons. The predicted octanol–water partition coefficient (Wildman–Crippen LogP) is 4.48. The van der Waals surface area contributed by atoms with Gasteiger partial charge in [0.25, 0.3) is 0 Å². The normalized spacial score (nSPS) is 10.8. The fraction of sp³-hybridized carbons (Fsp3) is 0. The zero-order valence-corrected chi connectivity index (χ0v) is 13.8. The highest BCUT2D eigenvalue weighted by molar-refractivity contribution is 9.13.